The van der Waals surface area contributed by atoms with Crippen LogP contribution in [0.1, 0.15) is 31.4 Å². The number of carbonyl (C=O) groups excluding carboxylic acids is 2. The zero-order chi connectivity index (χ0) is 22.6. The largest absolute Gasteiger partial charge is 0.497 e. The van der Waals surface area contributed by atoms with Crippen LogP contribution in [0.2, 0.25) is 5.02 Å². The first-order valence-electron chi connectivity index (χ1n) is 10.5. The van der Waals surface area contributed by atoms with Gasteiger partial charge in [0.1, 0.15) is 11.8 Å². The molecule has 0 saturated heterocycles. The lowest BCUT2D eigenvalue weighted by Crippen LogP contribution is -2.48. The number of ether oxygens (including phenoxy) is 2. The minimum absolute atomic E-state index is 0.130. The third kappa shape index (κ3) is 8.23. The monoisotopic (exact) mass is 446 g/mol. The molecule has 0 aliphatic carbocycles. The van der Waals surface area contributed by atoms with Crippen molar-refractivity contribution in [2.45, 2.75) is 39.3 Å². The Hall–Kier alpha value is -2.57. The van der Waals surface area contributed by atoms with E-state index in [9.17, 15) is 9.59 Å². The maximum Gasteiger partial charge on any atom is 0.242 e. The fourth-order valence-electron chi connectivity index (χ4n) is 3.07. The van der Waals surface area contributed by atoms with Crippen molar-refractivity contribution in [1.82, 2.24) is 10.2 Å². The van der Waals surface area contributed by atoms with Crippen LogP contribution in [-0.2, 0) is 27.3 Å². The van der Waals surface area contributed by atoms with Gasteiger partial charge in [-0.25, -0.2) is 0 Å². The second-order valence-corrected chi connectivity index (χ2v) is 7.63. The summed E-state index contributed by atoms with van der Waals surface area (Å²) in [5, 5.41) is 3.52. The molecule has 0 aromatic heterocycles. The van der Waals surface area contributed by atoms with E-state index in [2.05, 4.69) is 5.32 Å². The van der Waals surface area contributed by atoms with E-state index < -0.39 is 6.04 Å². The highest BCUT2D eigenvalue weighted by molar-refractivity contribution is 6.30. The van der Waals surface area contributed by atoms with Gasteiger partial charge in [-0.05, 0) is 55.7 Å². The quantitative estimate of drug-likeness (QED) is 0.503. The second kappa shape index (κ2) is 13.0. The highest BCUT2D eigenvalue weighted by Crippen LogP contribution is 2.17. The van der Waals surface area contributed by atoms with E-state index >= 15 is 0 Å². The fourth-order valence-corrected chi connectivity index (χ4v) is 3.19. The first kappa shape index (κ1) is 24.7. The predicted octanol–water partition coefficient (Wildman–Crippen LogP) is 3.85. The van der Waals surface area contributed by atoms with Gasteiger partial charge in [0, 0.05) is 31.3 Å². The van der Waals surface area contributed by atoms with E-state index in [0.29, 0.717) is 31.3 Å². The van der Waals surface area contributed by atoms with Crippen LogP contribution in [-0.4, -0.2) is 49.6 Å². The summed E-state index contributed by atoms with van der Waals surface area (Å²) in [6.07, 6.45) is 0.915. The lowest BCUT2D eigenvalue weighted by Gasteiger charge is -2.29. The average molecular weight is 447 g/mol. The minimum atomic E-state index is -0.617. The summed E-state index contributed by atoms with van der Waals surface area (Å²) in [4.78, 5) is 27.5. The zero-order valence-electron chi connectivity index (χ0n) is 18.4. The van der Waals surface area contributed by atoms with Gasteiger partial charge in [-0.3, -0.25) is 9.59 Å². The van der Waals surface area contributed by atoms with E-state index in [0.717, 1.165) is 23.3 Å². The molecule has 31 heavy (non-hydrogen) atoms. The Bertz CT molecular complexity index is 824. The van der Waals surface area contributed by atoms with Gasteiger partial charge in [-0.15, -0.1) is 0 Å². The summed E-state index contributed by atoms with van der Waals surface area (Å²) >= 11 is 5.95. The highest BCUT2D eigenvalue weighted by atomic mass is 35.5. The minimum Gasteiger partial charge on any atom is -0.497 e. The molecule has 0 fully saturated rings. The summed E-state index contributed by atoms with van der Waals surface area (Å²) in [5.74, 6) is 0.424. The molecule has 0 heterocycles. The summed E-state index contributed by atoms with van der Waals surface area (Å²) in [5.41, 5.74) is 1.76. The van der Waals surface area contributed by atoms with Gasteiger partial charge in [0.2, 0.25) is 11.8 Å². The van der Waals surface area contributed by atoms with Crippen LogP contribution in [0.5, 0.6) is 5.75 Å². The Morgan fingerprint density at radius 3 is 2.32 bits per heavy atom. The Kier molecular flexibility index (Phi) is 10.3. The third-order valence-electron chi connectivity index (χ3n) is 4.92. The number of methoxy groups -OCH3 is 1. The molecular weight excluding hydrogens is 416 g/mol. The van der Waals surface area contributed by atoms with Crippen molar-refractivity contribution in [3.63, 3.8) is 0 Å². The second-order valence-electron chi connectivity index (χ2n) is 7.19. The number of rotatable bonds is 12. The highest BCUT2D eigenvalue weighted by Gasteiger charge is 2.26. The molecule has 2 amide bonds. The fraction of sp³-hybridized carbons (Fsp3) is 0.417. The maximum atomic E-state index is 13.2. The van der Waals surface area contributed by atoms with Gasteiger partial charge in [0.05, 0.1) is 13.5 Å². The molecule has 0 bridgehead atoms. The molecule has 0 aliphatic heterocycles. The van der Waals surface area contributed by atoms with Crippen LogP contribution < -0.4 is 10.1 Å². The van der Waals surface area contributed by atoms with Gasteiger partial charge in [0.25, 0.3) is 0 Å². The van der Waals surface area contributed by atoms with E-state index in [1.807, 2.05) is 43.3 Å². The van der Waals surface area contributed by atoms with Crippen molar-refractivity contribution in [2.75, 3.05) is 26.9 Å². The number of halogens is 1. The normalized spacial score (nSPS) is 11.6. The molecular formula is C24H31ClN2O4. The molecule has 0 saturated carbocycles. The molecule has 6 nitrogen and oxygen atoms in total. The first-order valence-corrected chi connectivity index (χ1v) is 10.8. The summed E-state index contributed by atoms with van der Waals surface area (Å²) in [7, 11) is 1.61. The molecule has 0 spiro atoms. The smallest absolute Gasteiger partial charge is 0.242 e. The average Bonchev–Trinajstić information content (AvgIpc) is 2.78. The third-order valence-corrected chi connectivity index (χ3v) is 5.17. The van der Waals surface area contributed by atoms with Crippen LogP contribution in [0.15, 0.2) is 48.5 Å². The Balaban J connectivity index is 2.10. The lowest BCUT2D eigenvalue weighted by molar-refractivity contribution is -0.140. The van der Waals surface area contributed by atoms with Crippen LogP contribution in [0.25, 0.3) is 0 Å². The van der Waals surface area contributed by atoms with E-state index in [4.69, 9.17) is 21.1 Å². The van der Waals surface area contributed by atoms with Crippen LogP contribution >= 0.6 is 11.6 Å². The van der Waals surface area contributed by atoms with E-state index in [1.165, 1.54) is 0 Å². The molecule has 2 rings (SSSR count). The van der Waals surface area contributed by atoms with Gasteiger partial charge >= 0.3 is 0 Å². The van der Waals surface area contributed by atoms with Crippen LogP contribution in [0.4, 0.5) is 0 Å². The van der Waals surface area contributed by atoms with Crippen molar-refractivity contribution < 1.29 is 19.1 Å². The predicted molar refractivity (Wildman–Crippen MR) is 122 cm³/mol. The van der Waals surface area contributed by atoms with E-state index in [-0.39, 0.29) is 18.2 Å². The number of nitrogens with one attached hydrogen (secondary N) is 1. The number of benzene rings is 2. The van der Waals surface area contributed by atoms with Crippen molar-refractivity contribution >= 4 is 23.4 Å². The van der Waals surface area contributed by atoms with Crippen LogP contribution in [0, 0.1) is 0 Å². The number of nitrogens with zero attached hydrogens (tertiary/aromatic N) is 1. The molecule has 168 valence electrons. The van der Waals surface area contributed by atoms with E-state index in [1.54, 1.807) is 31.1 Å². The summed E-state index contributed by atoms with van der Waals surface area (Å²) in [6.45, 7) is 5.76. The SMILES string of the molecule is CCOCCCNC(=O)C(C)N(Cc1ccc(OC)cc1)C(=O)Cc1ccc(Cl)cc1. The molecule has 7 heteroatoms. The molecule has 0 aliphatic rings. The molecule has 0 radical (unpaired) electrons. The van der Waals surface area contributed by atoms with Crippen molar-refractivity contribution in [3.05, 3.63) is 64.7 Å². The summed E-state index contributed by atoms with van der Waals surface area (Å²) in [6, 6.07) is 14.0. The first-order chi connectivity index (χ1) is 14.9. The lowest BCUT2D eigenvalue weighted by atomic mass is 10.1. The van der Waals surface area contributed by atoms with Crippen LogP contribution in [0.3, 0.4) is 0 Å². The maximum absolute atomic E-state index is 13.2. The number of hydrogen-bond acceptors (Lipinski definition) is 4. The standard InChI is InChI=1S/C24H31ClN2O4/c1-4-31-15-5-14-26-24(29)18(2)27(17-20-8-12-22(30-3)13-9-20)23(28)16-19-6-10-21(25)11-7-19/h6-13,18H,4-5,14-17H2,1-3H3,(H,26,29). The molecule has 1 N–H and O–H groups in total. The number of carbonyl (C=O) groups is 2. The van der Waals surface area contributed by atoms with Crippen molar-refractivity contribution in [3.8, 4) is 5.75 Å². The van der Waals surface area contributed by atoms with Gasteiger partial charge in [-0.2, -0.15) is 0 Å². The zero-order valence-corrected chi connectivity index (χ0v) is 19.2. The van der Waals surface area contributed by atoms with Gasteiger partial charge in [-0.1, -0.05) is 35.9 Å². The van der Waals surface area contributed by atoms with Gasteiger partial charge < -0.3 is 19.7 Å². The number of amides is 2. The molecule has 1 unspecified atom stereocenters. The molecule has 2 aromatic rings. The summed E-state index contributed by atoms with van der Waals surface area (Å²) < 4.78 is 10.5. The van der Waals surface area contributed by atoms with Crippen molar-refractivity contribution in [1.29, 1.82) is 0 Å². The topological polar surface area (TPSA) is 67.9 Å². The molecule has 2 aromatic carbocycles. The Morgan fingerprint density at radius 1 is 1.06 bits per heavy atom. The number of hydrogen-bond donors (Lipinski definition) is 1. The molecule has 1 atom stereocenters. The Labute approximate surface area is 189 Å². The van der Waals surface area contributed by atoms with Crippen molar-refractivity contribution in [2.24, 2.45) is 0 Å². The Morgan fingerprint density at radius 2 is 1.71 bits per heavy atom. The van der Waals surface area contributed by atoms with Gasteiger partial charge in [0.15, 0.2) is 0 Å².